The number of carboxylic acid groups (broad SMARTS) is 1. The number of benzene rings is 1. The number of amides is 1. The lowest BCUT2D eigenvalue weighted by molar-refractivity contribution is -0.146. The van der Waals surface area contributed by atoms with Crippen molar-refractivity contribution >= 4 is 11.9 Å². The van der Waals surface area contributed by atoms with Crippen LogP contribution in [0.1, 0.15) is 43.7 Å². The Morgan fingerprint density at radius 3 is 2.57 bits per heavy atom. The molecule has 1 aromatic rings. The van der Waals surface area contributed by atoms with Gasteiger partial charge in [0.05, 0.1) is 17.9 Å². The molecule has 2 rings (SSSR count). The third-order valence-corrected chi connectivity index (χ3v) is 4.42. The summed E-state index contributed by atoms with van der Waals surface area (Å²) in [5.41, 5.74) is 1.47. The normalized spacial score (nSPS) is 25.3. The van der Waals surface area contributed by atoms with E-state index in [1.807, 2.05) is 38.1 Å². The van der Waals surface area contributed by atoms with Crippen LogP contribution < -0.4 is 5.32 Å². The molecule has 21 heavy (non-hydrogen) atoms. The molecule has 114 valence electrons. The van der Waals surface area contributed by atoms with Gasteiger partial charge in [-0.1, -0.05) is 42.7 Å². The molecule has 0 aliphatic heterocycles. The van der Waals surface area contributed by atoms with Gasteiger partial charge in [-0.25, -0.2) is 0 Å². The summed E-state index contributed by atoms with van der Waals surface area (Å²) in [6.45, 7) is 3.86. The molecule has 1 aliphatic rings. The molecule has 2 N–H and O–H groups in total. The van der Waals surface area contributed by atoms with Crippen molar-refractivity contribution < 1.29 is 14.7 Å². The van der Waals surface area contributed by atoms with Crippen LogP contribution in [0.4, 0.5) is 0 Å². The van der Waals surface area contributed by atoms with Gasteiger partial charge in [-0.05, 0) is 32.3 Å². The Kier molecular flexibility index (Phi) is 4.66. The van der Waals surface area contributed by atoms with E-state index >= 15 is 0 Å². The van der Waals surface area contributed by atoms with Gasteiger partial charge in [0, 0.05) is 0 Å². The maximum absolute atomic E-state index is 12.2. The summed E-state index contributed by atoms with van der Waals surface area (Å²) in [5, 5.41) is 12.3. The van der Waals surface area contributed by atoms with E-state index < -0.39 is 17.4 Å². The zero-order valence-corrected chi connectivity index (χ0v) is 12.7. The molecular formula is C17H23NO3. The summed E-state index contributed by atoms with van der Waals surface area (Å²) in [7, 11) is 0. The number of carbonyl (C=O) groups excluding carboxylic acids is 1. The van der Waals surface area contributed by atoms with Gasteiger partial charge >= 0.3 is 5.97 Å². The molecule has 1 saturated carbocycles. The monoisotopic (exact) mass is 289 g/mol. The molecule has 1 aliphatic carbocycles. The fourth-order valence-corrected chi connectivity index (χ4v) is 3.13. The van der Waals surface area contributed by atoms with Crippen LogP contribution in [0.25, 0.3) is 0 Å². The van der Waals surface area contributed by atoms with E-state index in [1.54, 1.807) is 0 Å². The van der Waals surface area contributed by atoms with Crippen LogP contribution in [0.3, 0.4) is 0 Å². The van der Waals surface area contributed by atoms with Crippen molar-refractivity contribution in [3.05, 3.63) is 35.4 Å². The number of carboxylic acids is 1. The summed E-state index contributed by atoms with van der Waals surface area (Å²) in [6.07, 6.45) is 3.54. The smallest absolute Gasteiger partial charge is 0.308 e. The quantitative estimate of drug-likeness (QED) is 0.895. The molecule has 0 aromatic heterocycles. The maximum atomic E-state index is 12.2. The molecule has 4 heteroatoms. The zero-order chi connectivity index (χ0) is 15.5. The summed E-state index contributed by atoms with van der Waals surface area (Å²) in [5.74, 6) is -1.41. The molecule has 0 bridgehead atoms. The molecular weight excluding hydrogens is 266 g/mol. The van der Waals surface area contributed by atoms with Crippen molar-refractivity contribution in [2.45, 2.75) is 51.5 Å². The second-order valence-electron chi connectivity index (χ2n) is 6.26. The predicted molar refractivity (Wildman–Crippen MR) is 81.0 cm³/mol. The molecule has 2 unspecified atom stereocenters. The average molecular weight is 289 g/mol. The first-order valence-electron chi connectivity index (χ1n) is 7.50. The molecule has 0 spiro atoms. The molecule has 1 aromatic carbocycles. The zero-order valence-electron chi connectivity index (χ0n) is 12.7. The van der Waals surface area contributed by atoms with E-state index in [1.165, 1.54) is 0 Å². The minimum Gasteiger partial charge on any atom is -0.481 e. The second kappa shape index (κ2) is 6.29. The van der Waals surface area contributed by atoms with Gasteiger partial charge in [0.1, 0.15) is 0 Å². The highest BCUT2D eigenvalue weighted by Gasteiger charge is 2.42. The highest BCUT2D eigenvalue weighted by molar-refractivity contribution is 5.81. The number of nitrogens with one attached hydrogen (secondary N) is 1. The van der Waals surface area contributed by atoms with Gasteiger partial charge < -0.3 is 10.4 Å². The Hall–Kier alpha value is -1.84. The Morgan fingerprint density at radius 2 is 1.95 bits per heavy atom. The Bertz CT molecular complexity index is 523. The molecule has 2 atom stereocenters. The third kappa shape index (κ3) is 3.84. The first-order valence-corrected chi connectivity index (χ1v) is 7.50. The molecule has 0 saturated heterocycles. The SMILES string of the molecule is Cc1ccc(CC(=O)NC2(C)CCCCC2C(=O)O)cc1. The van der Waals surface area contributed by atoms with Gasteiger partial charge in [-0.15, -0.1) is 0 Å². The minimum absolute atomic E-state index is 0.102. The fourth-order valence-electron chi connectivity index (χ4n) is 3.13. The largest absolute Gasteiger partial charge is 0.481 e. The minimum atomic E-state index is -0.812. The molecule has 1 amide bonds. The Morgan fingerprint density at radius 1 is 1.29 bits per heavy atom. The van der Waals surface area contributed by atoms with Crippen LogP contribution in [-0.2, 0) is 16.0 Å². The number of carbonyl (C=O) groups is 2. The first kappa shape index (κ1) is 15.5. The Balaban J connectivity index is 2.02. The van der Waals surface area contributed by atoms with Gasteiger partial charge in [-0.2, -0.15) is 0 Å². The Labute approximate surface area is 125 Å². The lowest BCUT2D eigenvalue weighted by atomic mass is 9.74. The van der Waals surface area contributed by atoms with Gasteiger partial charge in [-0.3, -0.25) is 9.59 Å². The van der Waals surface area contributed by atoms with Crippen LogP contribution in [0, 0.1) is 12.8 Å². The summed E-state index contributed by atoms with van der Waals surface area (Å²) >= 11 is 0. The van der Waals surface area contributed by atoms with Crippen molar-refractivity contribution in [2.24, 2.45) is 5.92 Å². The highest BCUT2D eigenvalue weighted by atomic mass is 16.4. The fraction of sp³-hybridized carbons (Fsp3) is 0.529. The first-order chi connectivity index (χ1) is 9.90. The number of hydrogen-bond acceptors (Lipinski definition) is 2. The average Bonchev–Trinajstić information content (AvgIpc) is 2.41. The highest BCUT2D eigenvalue weighted by Crippen LogP contribution is 2.33. The molecule has 0 heterocycles. The number of aliphatic carboxylic acids is 1. The van der Waals surface area contributed by atoms with Crippen molar-refractivity contribution in [1.29, 1.82) is 0 Å². The van der Waals surface area contributed by atoms with Crippen LogP contribution in [-0.4, -0.2) is 22.5 Å². The standard InChI is InChI=1S/C17H23NO3/c1-12-6-8-13(9-7-12)11-15(19)18-17(2)10-4-3-5-14(17)16(20)21/h6-9,14H,3-5,10-11H2,1-2H3,(H,18,19)(H,20,21). The van der Waals surface area contributed by atoms with E-state index in [-0.39, 0.29) is 5.91 Å². The molecule has 1 fully saturated rings. The maximum Gasteiger partial charge on any atom is 0.308 e. The number of hydrogen-bond donors (Lipinski definition) is 2. The van der Waals surface area contributed by atoms with Crippen molar-refractivity contribution in [3.8, 4) is 0 Å². The van der Waals surface area contributed by atoms with Crippen LogP contribution >= 0.6 is 0 Å². The summed E-state index contributed by atoms with van der Waals surface area (Å²) in [4.78, 5) is 23.6. The molecule has 0 radical (unpaired) electrons. The van der Waals surface area contributed by atoms with Gasteiger partial charge in [0.25, 0.3) is 0 Å². The summed E-state index contributed by atoms with van der Waals surface area (Å²) < 4.78 is 0. The third-order valence-electron chi connectivity index (χ3n) is 4.42. The van der Waals surface area contributed by atoms with E-state index in [0.29, 0.717) is 12.8 Å². The van der Waals surface area contributed by atoms with Crippen molar-refractivity contribution in [3.63, 3.8) is 0 Å². The number of rotatable bonds is 4. The van der Waals surface area contributed by atoms with Crippen LogP contribution in [0.5, 0.6) is 0 Å². The predicted octanol–water partition coefficient (Wildman–Crippen LogP) is 2.69. The summed E-state index contributed by atoms with van der Waals surface area (Å²) in [6, 6.07) is 7.83. The second-order valence-corrected chi connectivity index (χ2v) is 6.26. The van der Waals surface area contributed by atoms with Crippen LogP contribution in [0.15, 0.2) is 24.3 Å². The molecule has 4 nitrogen and oxygen atoms in total. The lowest BCUT2D eigenvalue weighted by Crippen LogP contribution is -2.55. The van der Waals surface area contributed by atoms with E-state index in [4.69, 9.17) is 0 Å². The van der Waals surface area contributed by atoms with Gasteiger partial charge in [0.15, 0.2) is 0 Å². The topological polar surface area (TPSA) is 66.4 Å². The van der Waals surface area contributed by atoms with Crippen LogP contribution in [0.2, 0.25) is 0 Å². The van der Waals surface area contributed by atoms with Crippen molar-refractivity contribution in [1.82, 2.24) is 5.32 Å². The van der Waals surface area contributed by atoms with Gasteiger partial charge in [0.2, 0.25) is 5.91 Å². The van der Waals surface area contributed by atoms with E-state index in [0.717, 1.165) is 30.4 Å². The van der Waals surface area contributed by atoms with Crippen molar-refractivity contribution in [2.75, 3.05) is 0 Å². The van der Waals surface area contributed by atoms with E-state index in [9.17, 15) is 14.7 Å². The lowest BCUT2D eigenvalue weighted by Gasteiger charge is -2.39. The number of aryl methyl sites for hydroxylation is 1. The van der Waals surface area contributed by atoms with E-state index in [2.05, 4.69) is 5.32 Å².